The van der Waals surface area contributed by atoms with Crippen LogP contribution in [0.3, 0.4) is 0 Å². The maximum absolute atomic E-state index is 13.9. The highest BCUT2D eigenvalue weighted by atomic mass is 35.5. The van der Waals surface area contributed by atoms with Crippen LogP contribution in [0.25, 0.3) is 0 Å². The summed E-state index contributed by atoms with van der Waals surface area (Å²) in [4.78, 5) is 31.6. The second-order valence-corrected chi connectivity index (χ2v) is 10.5. The summed E-state index contributed by atoms with van der Waals surface area (Å²) in [5, 5.41) is 5.16. The van der Waals surface area contributed by atoms with Crippen molar-refractivity contribution < 1.29 is 27.5 Å². The summed E-state index contributed by atoms with van der Waals surface area (Å²) in [5.41, 5.74) is -1.13. The van der Waals surface area contributed by atoms with Gasteiger partial charge in [0.25, 0.3) is 18.2 Å². The molecule has 2 atom stereocenters. The van der Waals surface area contributed by atoms with E-state index in [0.29, 0.717) is 25.2 Å². The van der Waals surface area contributed by atoms with Crippen LogP contribution in [0.15, 0.2) is 30.5 Å². The van der Waals surface area contributed by atoms with Crippen molar-refractivity contribution in [2.45, 2.75) is 70.6 Å². The van der Waals surface area contributed by atoms with Crippen molar-refractivity contribution in [1.82, 2.24) is 15.6 Å². The first-order valence-corrected chi connectivity index (χ1v) is 13.1. The lowest BCUT2D eigenvalue weighted by Crippen LogP contribution is -2.55. The number of halogens is 5. The molecule has 0 radical (unpaired) electrons. The minimum atomic E-state index is -2.63. The van der Waals surface area contributed by atoms with E-state index in [1.54, 1.807) is 26.0 Å². The molecule has 208 valence electrons. The Morgan fingerprint density at radius 3 is 2.61 bits per heavy atom. The maximum atomic E-state index is 13.9. The van der Waals surface area contributed by atoms with E-state index in [-0.39, 0.29) is 39.3 Å². The molecule has 1 saturated heterocycles. The molecule has 7 nitrogen and oxygen atoms in total. The third-order valence-electron chi connectivity index (χ3n) is 6.28. The van der Waals surface area contributed by atoms with Crippen LogP contribution < -0.4 is 20.3 Å². The van der Waals surface area contributed by atoms with E-state index in [2.05, 4.69) is 27.4 Å². The van der Waals surface area contributed by atoms with Gasteiger partial charge in [0.05, 0.1) is 22.2 Å². The van der Waals surface area contributed by atoms with Gasteiger partial charge in [-0.3, -0.25) is 9.59 Å². The number of hydrogen-bond donors (Lipinski definition) is 2. The number of benzene rings is 1. The van der Waals surface area contributed by atoms with Crippen molar-refractivity contribution >= 4 is 40.8 Å². The number of rotatable bonds is 10. The number of carbonyl (C=O) groups excluding carboxylic acids is 2. The van der Waals surface area contributed by atoms with Crippen LogP contribution in [-0.4, -0.2) is 54.0 Å². The molecule has 0 aliphatic carbocycles. The molecule has 1 aromatic carbocycles. The molecule has 12 heteroatoms. The average molecular weight is 575 g/mol. The predicted octanol–water partition coefficient (Wildman–Crippen LogP) is 5.63. The molecule has 2 N–H and O–H groups in total. The Morgan fingerprint density at radius 1 is 1.24 bits per heavy atom. The van der Waals surface area contributed by atoms with Gasteiger partial charge in [0.2, 0.25) is 0 Å². The summed E-state index contributed by atoms with van der Waals surface area (Å²) in [6, 6.07) is 5.48. The summed E-state index contributed by atoms with van der Waals surface area (Å²) in [5.74, 6) is -0.989. The second-order valence-electron chi connectivity index (χ2n) is 9.65. The third-order valence-corrected chi connectivity index (χ3v) is 6.87. The first kappa shape index (κ1) is 29.8. The van der Waals surface area contributed by atoms with Gasteiger partial charge in [0.15, 0.2) is 5.60 Å². The molecule has 0 bridgehead atoms. The number of aromatic nitrogens is 1. The SMILES string of the molecule is CCCC1CC(NC(=O)C(C)(C)Oc2cc(F)c(Cl)cc2Cl)CCN1c1ccc(C(=O)NCC(F)F)cn1. The van der Waals surface area contributed by atoms with E-state index in [9.17, 15) is 22.8 Å². The Morgan fingerprint density at radius 2 is 1.97 bits per heavy atom. The van der Waals surface area contributed by atoms with E-state index < -0.39 is 30.3 Å². The lowest BCUT2D eigenvalue weighted by molar-refractivity contribution is -0.135. The number of amides is 2. The summed E-state index contributed by atoms with van der Waals surface area (Å²) < 4.78 is 44.4. The molecule has 0 saturated carbocycles. The van der Waals surface area contributed by atoms with Crippen molar-refractivity contribution in [2.75, 3.05) is 18.0 Å². The average Bonchev–Trinajstić information content (AvgIpc) is 2.86. The van der Waals surface area contributed by atoms with Crippen LogP contribution in [-0.2, 0) is 4.79 Å². The molecule has 2 aromatic rings. The third kappa shape index (κ3) is 7.66. The number of alkyl halides is 2. The normalized spacial score (nSPS) is 17.9. The minimum absolute atomic E-state index is 0.0183. The Labute approximate surface area is 230 Å². The fraction of sp³-hybridized carbons (Fsp3) is 0.500. The quantitative estimate of drug-likeness (QED) is 0.359. The zero-order valence-electron chi connectivity index (χ0n) is 21.4. The number of pyridine rings is 1. The van der Waals surface area contributed by atoms with E-state index >= 15 is 0 Å². The fourth-order valence-corrected chi connectivity index (χ4v) is 4.74. The van der Waals surface area contributed by atoms with E-state index in [4.69, 9.17) is 27.9 Å². The fourth-order valence-electron chi connectivity index (χ4n) is 4.32. The van der Waals surface area contributed by atoms with Gasteiger partial charge >= 0.3 is 0 Å². The molecule has 0 spiro atoms. The summed E-state index contributed by atoms with van der Waals surface area (Å²) in [7, 11) is 0. The Kier molecular flexibility index (Phi) is 10.1. The van der Waals surface area contributed by atoms with Crippen molar-refractivity contribution in [3.05, 3.63) is 51.9 Å². The molecule has 1 fully saturated rings. The van der Waals surface area contributed by atoms with Crippen molar-refractivity contribution in [3.8, 4) is 5.75 Å². The standard InChI is InChI=1S/C26H31Cl2F3N4O3/c1-4-5-17-10-16(34-25(37)26(2,3)38-21-12-20(29)18(27)11-19(21)28)8-9-35(17)23-7-6-15(13-32-23)24(36)33-14-22(30)31/h6-7,11-13,16-17,22H,4-5,8-10,14H2,1-3H3,(H,33,36)(H,34,37). The Bertz CT molecular complexity index is 1140. The van der Waals surface area contributed by atoms with Crippen LogP contribution in [0.1, 0.15) is 56.8 Å². The van der Waals surface area contributed by atoms with Crippen LogP contribution in [0, 0.1) is 5.82 Å². The number of anilines is 1. The lowest BCUT2D eigenvalue weighted by Gasteiger charge is -2.41. The zero-order chi connectivity index (χ0) is 28.0. The number of ether oxygens (including phenoxy) is 1. The number of piperidine rings is 1. The van der Waals surface area contributed by atoms with Gasteiger partial charge in [0.1, 0.15) is 17.4 Å². The molecule has 1 aliphatic heterocycles. The number of nitrogens with one attached hydrogen (secondary N) is 2. The van der Waals surface area contributed by atoms with E-state index in [1.807, 2.05) is 0 Å². The van der Waals surface area contributed by atoms with Crippen LogP contribution in [0.4, 0.5) is 19.0 Å². The van der Waals surface area contributed by atoms with Crippen LogP contribution >= 0.6 is 23.2 Å². The number of carbonyl (C=O) groups is 2. The minimum Gasteiger partial charge on any atom is -0.476 e. The first-order chi connectivity index (χ1) is 17.9. The van der Waals surface area contributed by atoms with Gasteiger partial charge in [-0.25, -0.2) is 18.2 Å². The molecule has 1 aliphatic rings. The highest BCUT2D eigenvalue weighted by Crippen LogP contribution is 2.33. The molecule has 3 rings (SSSR count). The van der Waals surface area contributed by atoms with Gasteiger partial charge in [-0.15, -0.1) is 0 Å². The van der Waals surface area contributed by atoms with Gasteiger partial charge in [0, 0.05) is 30.9 Å². The Balaban J connectivity index is 1.64. The van der Waals surface area contributed by atoms with Gasteiger partial charge in [-0.05, 0) is 51.3 Å². The zero-order valence-corrected chi connectivity index (χ0v) is 22.9. The van der Waals surface area contributed by atoms with E-state index in [0.717, 1.165) is 18.9 Å². The highest BCUT2D eigenvalue weighted by molar-refractivity contribution is 6.35. The number of hydrogen-bond acceptors (Lipinski definition) is 5. The lowest BCUT2D eigenvalue weighted by atomic mass is 9.93. The maximum Gasteiger partial charge on any atom is 0.263 e. The van der Waals surface area contributed by atoms with Gasteiger partial charge < -0.3 is 20.3 Å². The molecule has 1 aromatic heterocycles. The van der Waals surface area contributed by atoms with Gasteiger partial charge in [-0.1, -0.05) is 36.5 Å². The van der Waals surface area contributed by atoms with E-state index in [1.165, 1.54) is 12.3 Å². The van der Waals surface area contributed by atoms with Crippen molar-refractivity contribution in [2.24, 2.45) is 0 Å². The van der Waals surface area contributed by atoms with Crippen molar-refractivity contribution in [3.63, 3.8) is 0 Å². The number of nitrogens with zero attached hydrogens (tertiary/aromatic N) is 2. The summed E-state index contributed by atoms with van der Waals surface area (Å²) in [6.07, 6.45) is 1.80. The largest absolute Gasteiger partial charge is 0.476 e. The smallest absolute Gasteiger partial charge is 0.263 e. The molecular weight excluding hydrogens is 544 g/mol. The van der Waals surface area contributed by atoms with Gasteiger partial charge in [-0.2, -0.15) is 0 Å². The molecule has 2 unspecified atom stereocenters. The predicted molar refractivity (Wildman–Crippen MR) is 141 cm³/mol. The molecule has 2 amide bonds. The molecular formula is C26H31Cl2F3N4O3. The topological polar surface area (TPSA) is 83.6 Å². The summed E-state index contributed by atoms with van der Waals surface area (Å²) in [6.45, 7) is 5.11. The molecule has 38 heavy (non-hydrogen) atoms. The Hall–Kier alpha value is -2.72. The molecule has 2 heterocycles. The second kappa shape index (κ2) is 12.9. The monoisotopic (exact) mass is 574 g/mol. The van der Waals surface area contributed by atoms with Crippen molar-refractivity contribution in [1.29, 1.82) is 0 Å². The van der Waals surface area contributed by atoms with Crippen LogP contribution in [0.2, 0.25) is 10.0 Å². The summed E-state index contributed by atoms with van der Waals surface area (Å²) >= 11 is 11.9. The highest BCUT2D eigenvalue weighted by Gasteiger charge is 2.35. The van der Waals surface area contributed by atoms with Crippen LogP contribution in [0.5, 0.6) is 5.75 Å². The first-order valence-electron chi connectivity index (χ1n) is 12.3.